The van der Waals surface area contributed by atoms with Gasteiger partial charge in [-0.05, 0) is 31.7 Å². The van der Waals surface area contributed by atoms with E-state index in [1.807, 2.05) is 6.92 Å². The third-order valence-electron chi connectivity index (χ3n) is 3.23. The van der Waals surface area contributed by atoms with Crippen molar-refractivity contribution in [3.05, 3.63) is 12.2 Å². The zero-order chi connectivity index (χ0) is 13.6. The van der Waals surface area contributed by atoms with Crippen LogP contribution in [0.1, 0.15) is 33.6 Å². The van der Waals surface area contributed by atoms with E-state index < -0.39 is 0 Å². The second kappa shape index (κ2) is 6.78. The van der Waals surface area contributed by atoms with Crippen molar-refractivity contribution >= 4 is 5.96 Å². The summed E-state index contributed by atoms with van der Waals surface area (Å²) >= 11 is 0. The van der Waals surface area contributed by atoms with E-state index >= 15 is 0 Å². The van der Waals surface area contributed by atoms with E-state index in [9.17, 15) is 0 Å². The van der Waals surface area contributed by atoms with Crippen LogP contribution in [-0.4, -0.2) is 43.6 Å². The van der Waals surface area contributed by atoms with Gasteiger partial charge in [0.25, 0.3) is 0 Å². The highest BCUT2D eigenvalue weighted by Gasteiger charge is 2.25. The minimum absolute atomic E-state index is 0.456. The van der Waals surface area contributed by atoms with Crippen molar-refractivity contribution in [1.29, 1.82) is 0 Å². The van der Waals surface area contributed by atoms with E-state index in [1.54, 1.807) is 0 Å². The molecule has 1 rings (SSSR count). The van der Waals surface area contributed by atoms with Gasteiger partial charge in [0.2, 0.25) is 0 Å². The molecule has 3 N–H and O–H groups in total. The number of nitrogens with two attached hydrogens (primary N) is 1. The minimum Gasteiger partial charge on any atom is -0.370 e. The number of hydrogen-bond acceptors (Lipinski definition) is 2. The maximum atomic E-state index is 5.77. The Hall–Kier alpha value is -1.03. The molecule has 0 saturated carbocycles. The fraction of sp³-hybridized carbons (Fsp3) is 0.786. The minimum atomic E-state index is 0.456. The summed E-state index contributed by atoms with van der Waals surface area (Å²) in [5, 5.41) is 3.16. The highest BCUT2D eigenvalue weighted by atomic mass is 15.2. The van der Waals surface area contributed by atoms with Crippen LogP contribution in [0.2, 0.25) is 0 Å². The molecule has 1 aliphatic rings. The average molecular weight is 252 g/mol. The molecule has 1 heterocycles. The van der Waals surface area contributed by atoms with Crippen LogP contribution in [0.5, 0.6) is 0 Å². The van der Waals surface area contributed by atoms with Gasteiger partial charge in [0.05, 0.1) is 6.54 Å². The van der Waals surface area contributed by atoms with E-state index in [1.165, 1.54) is 25.9 Å². The predicted molar refractivity (Wildman–Crippen MR) is 78.8 cm³/mol. The van der Waals surface area contributed by atoms with E-state index in [4.69, 9.17) is 5.73 Å². The third kappa shape index (κ3) is 6.05. The molecule has 4 heteroatoms. The first-order valence-electron chi connectivity index (χ1n) is 6.79. The SMILES string of the molecule is C=C(C)CN=C(N)NCCN1CCCC(C)(C)C1. The average Bonchev–Trinajstić information content (AvgIpc) is 2.25. The largest absolute Gasteiger partial charge is 0.370 e. The number of nitrogens with zero attached hydrogens (tertiary/aromatic N) is 2. The lowest BCUT2D eigenvalue weighted by Crippen LogP contribution is -2.44. The second-order valence-corrected chi connectivity index (χ2v) is 6.13. The first-order valence-corrected chi connectivity index (χ1v) is 6.79. The summed E-state index contributed by atoms with van der Waals surface area (Å²) < 4.78 is 0. The first-order chi connectivity index (χ1) is 8.39. The molecule has 0 amide bonds. The molecule has 1 fully saturated rings. The summed E-state index contributed by atoms with van der Waals surface area (Å²) in [6.07, 6.45) is 2.63. The van der Waals surface area contributed by atoms with Crippen molar-refractivity contribution in [2.75, 3.05) is 32.7 Å². The normalized spacial score (nSPS) is 20.7. The molecule has 4 nitrogen and oxygen atoms in total. The number of piperidine rings is 1. The van der Waals surface area contributed by atoms with Gasteiger partial charge < -0.3 is 16.0 Å². The summed E-state index contributed by atoms with van der Waals surface area (Å²) in [4.78, 5) is 6.70. The fourth-order valence-corrected chi connectivity index (χ4v) is 2.35. The molecule has 0 spiro atoms. The van der Waals surface area contributed by atoms with Gasteiger partial charge in [-0.1, -0.05) is 26.0 Å². The van der Waals surface area contributed by atoms with Crippen LogP contribution < -0.4 is 11.1 Å². The quantitative estimate of drug-likeness (QED) is 0.444. The Kier molecular flexibility index (Phi) is 5.66. The summed E-state index contributed by atoms with van der Waals surface area (Å²) in [6, 6.07) is 0. The molecule has 0 aromatic heterocycles. The van der Waals surface area contributed by atoms with E-state index in [0.717, 1.165) is 18.7 Å². The molecule has 0 aromatic rings. The van der Waals surface area contributed by atoms with Gasteiger partial charge in [-0.3, -0.25) is 0 Å². The van der Waals surface area contributed by atoms with E-state index in [0.29, 0.717) is 17.9 Å². The van der Waals surface area contributed by atoms with Crippen LogP contribution in [0.4, 0.5) is 0 Å². The summed E-state index contributed by atoms with van der Waals surface area (Å²) in [7, 11) is 0. The van der Waals surface area contributed by atoms with Crippen LogP contribution in [0.3, 0.4) is 0 Å². The Morgan fingerprint density at radius 1 is 1.50 bits per heavy atom. The van der Waals surface area contributed by atoms with Crippen molar-refractivity contribution in [3.63, 3.8) is 0 Å². The van der Waals surface area contributed by atoms with Gasteiger partial charge in [0.15, 0.2) is 5.96 Å². The number of nitrogens with one attached hydrogen (secondary N) is 1. The Bertz CT molecular complexity index is 307. The summed E-state index contributed by atoms with van der Waals surface area (Å²) in [5.41, 5.74) is 7.25. The van der Waals surface area contributed by atoms with Crippen LogP contribution in [-0.2, 0) is 0 Å². The lowest BCUT2D eigenvalue weighted by molar-refractivity contribution is 0.120. The molecule has 104 valence electrons. The first kappa shape index (κ1) is 15.0. The fourth-order valence-electron chi connectivity index (χ4n) is 2.35. The molecular formula is C14H28N4. The van der Waals surface area contributed by atoms with Crippen LogP contribution >= 0.6 is 0 Å². The zero-order valence-electron chi connectivity index (χ0n) is 12.1. The van der Waals surface area contributed by atoms with Gasteiger partial charge >= 0.3 is 0 Å². The number of rotatable bonds is 5. The molecule has 0 radical (unpaired) electrons. The molecule has 1 aliphatic heterocycles. The van der Waals surface area contributed by atoms with Crippen LogP contribution in [0.25, 0.3) is 0 Å². The Balaban J connectivity index is 2.21. The van der Waals surface area contributed by atoms with Gasteiger partial charge in [-0.15, -0.1) is 0 Å². The highest BCUT2D eigenvalue weighted by Crippen LogP contribution is 2.27. The monoisotopic (exact) mass is 252 g/mol. The Morgan fingerprint density at radius 3 is 2.83 bits per heavy atom. The van der Waals surface area contributed by atoms with Gasteiger partial charge in [0, 0.05) is 19.6 Å². The number of guanidine groups is 1. The number of likely N-dealkylation sites (tertiary alicyclic amines) is 1. The van der Waals surface area contributed by atoms with Crippen molar-refractivity contribution in [1.82, 2.24) is 10.2 Å². The zero-order valence-corrected chi connectivity index (χ0v) is 12.1. The van der Waals surface area contributed by atoms with Gasteiger partial charge in [-0.2, -0.15) is 0 Å². The molecule has 1 saturated heterocycles. The van der Waals surface area contributed by atoms with Crippen molar-refractivity contribution < 1.29 is 0 Å². The lowest BCUT2D eigenvalue weighted by atomic mass is 9.84. The molecule has 0 atom stereocenters. The van der Waals surface area contributed by atoms with Crippen molar-refractivity contribution in [3.8, 4) is 0 Å². The van der Waals surface area contributed by atoms with Crippen LogP contribution in [0, 0.1) is 5.41 Å². The Morgan fingerprint density at radius 2 is 2.22 bits per heavy atom. The van der Waals surface area contributed by atoms with E-state index in [-0.39, 0.29) is 0 Å². The number of aliphatic imine (C=N–C) groups is 1. The Labute approximate surface area is 111 Å². The molecule has 0 bridgehead atoms. The molecule has 0 aliphatic carbocycles. The summed E-state index contributed by atoms with van der Waals surface area (Å²) in [6.45, 7) is 15.3. The third-order valence-corrected chi connectivity index (χ3v) is 3.23. The van der Waals surface area contributed by atoms with Gasteiger partial charge in [0.1, 0.15) is 0 Å². The molecular weight excluding hydrogens is 224 g/mol. The highest BCUT2D eigenvalue weighted by molar-refractivity contribution is 5.77. The standard InChI is InChI=1S/C14H28N4/c1-12(2)10-17-13(15)16-7-9-18-8-5-6-14(3,4)11-18/h1,5-11H2,2-4H3,(H3,15,16,17). The molecule has 0 aromatic carbocycles. The predicted octanol–water partition coefficient (Wildman–Crippen LogP) is 1.59. The topological polar surface area (TPSA) is 53.6 Å². The van der Waals surface area contributed by atoms with E-state index in [2.05, 4.69) is 35.6 Å². The molecule has 0 unspecified atom stereocenters. The second-order valence-electron chi connectivity index (χ2n) is 6.13. The van der Waals surface area contributed by atoms with Crippen molar-refractivity contribution in [2.24, 2.45) is 16.1 Å². The molecule has 18 heavy (non-hydrogen) atoms. The lowest BCUT2D eigenvalue weighted by Gasteiger charge is -2.38. The smallest absolute Gasteiger partial charge is 0.188 e. The number of hydrogen-bond donors (Lipinski definition) is 2. The van der Waals surface area contributed by atoms with Crippen LogP contribution in [0.15, 0.2) is 17.1 Å². The maximum absolute atomic E-state index is 5.77. The maximum Gasteiger partial charge on any atom is 0.188 e. The van der Waals surface area contributed by atoms with Gasteiger partial charge in [-0.25, -0.2) is 4.99 Å². The summed E-state index contributed by atoms with van der Waals surface area (Å²) in [5.74, 6) is 0.522. The van der Waals surface area contributed by atoms with Crippen molar-refractivity contribution in [2.45, 2.75) is 33.6 Å².